The van der Waals surface area contributed by atoms with E-state index in [0.29, 0.717) is 19.3 Å². The molecule has 0 bridgehead atoms. The highest BCUT2D eigenvalue weighted by Gasteiger charge is 2.19. The van der Waals surface area contributed by atoms with Crippen LogP contribution in [0.4, 0.5) is 0 Å². The molecule has 0 saturated heterocycles. The van der Waals surface area contributed by atoms with Gasteiger partial charge in [-0.1, -0.05) is 214 Å². The van der Waals surface area contributed by atoms with Gasteiger partial charge in [0.25, 0.3) is 0 Å². The molecule has 0 spiro atoms. The third-order valence-electron chi connectivity index (χ3n) is 11.7. The Hall–Kier alpha value is -3.93. The van der Waals surface area contributed by atoms with Gasteiger partial charge in [0.05, 0.1) is 0 Å². The van der Waals surface area contributed by atoms with Crippen molar-refractivity contribution in [2.75, 3.05) is 13.2 Å². The Labute approximate surface area is 425 Å². The summed E-state index contributed by atoms with van der Waals surface area (Å²) in [6, 6.07) is 0. The normalized spacial score (nSPS) is 12.9. The summed E-state index contributed by atoms with van der Waals surface area (Å²) >= 11 is 0. The maximum atomic E-state index is 12.8. The fourth-order valence-corrected chi connectivity index (χ4v) is 7.41. The van der Waals surface area contributed by atoms with Gasteiger partial charge < -0.3 is 14.2 Å². The Morgan fingerprint density at radius 2 is 0.536 bits per heavy atom. The smallest absolute Gasteiger partial charge is 0.306 e. The van der Waals surface area contributed by atoms with Gasteiger partial charge in [0.15, 0.2) is 6.10 Å². The predicted octanol–water partition coefficient (Wildman–Crippen LogP) is 19.1. The third-order valence-corrected chi connectivity index (χ3v) is 11.7. The highest BCUT2D eigenvalue weighted by atomic mass is 16.6. The number of carbonyl (C=O) groups is 3. The van der Waals surface area contributed by atoms with Crippen molar-refractivity contribution in [1.82, 2.24) is 0 Å². The average Bonchev–Trinajstić information content (AvgIpc) is 3.35. The van der Waals surface area contributed by atoms with Gasteiger partial charge in [-0.2, -0.15) is 0 Å². The van der Waals surface area contributed by atoms with E-state index < -0.39 is 6.10 Å². The number of unbranched alkanes of at least 4 members (excludes halogenated alkanes) is 21. The Morgan fingerprint density at radius 1 is 0.290 bits per heavy atom. The minimum absolute atomic E-state index is 0.116. The molecule has 6 nitrogen and oxygen atoms in total. The van der Waals surface area contributed by atoms with Crippen LogP contribution in [0.2, 0.25) is 0 Å². The first-order valence-electron chi connectivity index (χ1n) is 28.4. The van der Waals surface area contributed by atoms with E-state index in [4.69, 9.17) is 14.2 Å². The zero-order valence-corrected chi connectivity index (χ0v) is 44.8. The highest BCUT2D eigenvalue weighted by Crippen LogP contribution is 2.13. The Bertz CT molecular complexity index is 1420. The first-order valence-corrected chi connectivity index (χ1v) is 28.4. The van der Waals surface area contributed by atoms with Crippen LogP contribution in [0.1, 0.15) is 252 Å². The standard InChI is InChI=1S/C63H104O6/c1-4-7-10-13-16-19-22-25-28-30-31-33-35-38-41-44-47-50-53-56-62(65)68-59-60(58-67-61(64)55-52-49-46-43-40-37-34-27-24-21-18-15-12-9-6-3)69-63(66)57-54-51-48-45-42-39-36-32-29-26-23-20-17-14-11-8-5-2/h16-17,19-20,25-29,31,33-34,36,38-39,41,45,48,60H,4-15,18,21-24,30,32,35,37,40,42-44,46-47,49-59H2,1-3H3/b19-16-,20-17-,28-25-,29-26-,33-31-,34-27-,39-36-,41-38-,48-45-/t60-/m1/s1. The molecule has 0 radical (unpaired) electrons. The number of allylic oxidation sites excluding steroid dienone is 18. The van der Waals surface area contributed by atoms with Crippen LogP contribution >= 0.6 is 0 Å². The molecule has 392 valence electrons. The quantitative estimate of drug-likeness (QED) is 0.0262. The highest BCUT2D eigenvalue weighted by molar-refractivity contribution is 5.71. The van der Waals surface area contributed by atoms with E-state index in [1.807, 2.05) is 0 Å². The van der Waals surface area contributed by atoms with Gasteiger partial charge >= 0.3 is 17.9 Å². The summed E-state index contributed by atoms with van der Waals surface area (Å²) in [5.41, 5.74) is 0. The van der Waals surface area contributed by atoms with Crippen LogP contribution in [0.15, 0.2) is 109 Å². The van der Waals surface area contributed by atoms with Crippen LogP contribution in [0.5, 0.6) is 0 Å². The van der Waals surface area contributed by atoms with E-state index in [-0.39, 0.29) is 37.5 Å². The van der Waals surface area contributed by atoms with Gasteiger partial charge in [0, 0.05) is 19.3 Å². The molecule has 0 heterocycles. The van der Waals surface area contributed by atoms with E-state index in [0.717, 1.165) is 103 Å². The molecule has 0 aromatic rings. The summed E-state index contributed by atoms with van der Waals surface area (Å²) < 4.78 is 16.8. The Kier molecular flexibility index (Phi) is 53.4. The van der Waals surface area contributed by atoms with Crippen LogP contribution in [-0.2, 0) is 28.6 Å². The van der Waals surface area contributed by atoms with Crippen molar-refractivity contribution >= 4 is 17.9 Å². The van der Waals surface area contributed by atoms with Crippen molar-refractivity contribution < 1.29 is 28.6 Å². The van der Waals surface area contributed by atoms with Gasteiger partial charge in [0.1, 0.15) is 13.2 Å². The molecule has 0 amide bonds. The van der Waals surface area contributed by atoms with Gasteiger partial charge in [-0.05, 0) is 128 Å². The van der Waals surface area contributed by atoms with Crippen molar-refractivity contribution in [3.8, 4) is 0 Å². The molecule has 6 heteroatoms. The molecule has 0 N–H and O–H groups in total. The van der Waals surface area contributed by atoms with E-state index in [2.05, 4.69) is 130 Å². The molecule has 0 aliphatic carbocycles. The lowest BCUT2D eigenvalue weighted by molar-refractivity contribution is -0.167. The minimum Gasteiger partial charge on any atom is -0.462 e. The lowest BCUT2D eigenvalue weighted by atomic mass is 10.1. The molecule has 1 atom stereocenters. The summed E-state index contributed by atoms with van der Waals surface area (Å²) in [7, 11) is 0. The first kappa shape index (κ1) is 65.1. The Morgan fingerprint density at radius 3 is 0.913 bits per heavy atom. The third kappa shape index (κ3) is 54.9. The van der Waals surface area contributed by atoms with Crippen LogP contribution < -0.4 is 0 Å². The maximum Gasteiger partial charge on any atom is 0.306 e. The lowest BCUT2D eigenvalue weighted by Gasteiger charge is -2.18. The molecular weight excluding hydrogens is 853 g/mol. The molecule has 0 rings (SSSR count). The molecule has 0 fully saturated rings. The van der Waals surface area contributed by atoms with Crippen molar-refractivity contribution in [3.63, 3.8) is 0 Å². The lowest BCUT2D eigenvalue weighted by Crippen LogP contribution is -2.30. The second-order valence-corrected chi connectivity index (χ2v) is 18.5. The maximum absolute atomic E-state index is 12.8. The van der Waals surface area contributed by atoms with Crippen molar-refractivity contribution in [2.24, 2.45) is 0 Å². The molecule has 0 unspecified atom stereocenters. The molecule has 0 aromatic heterocycles. The summed E-state index contributed by atoms with van der Waals surface area (Å²) in [5.74, 6) is -1.01. The number of rotatable bonds is 50. The zero-order valence-electron chi connectivity index (χ0n) is 44.8. The molecule has 0 aliphatic heterocycles. The van der Waals surface area contributed by atoms with Crippen LogP contribution in [-0.4, -0.2) is 37.2 Å². The summed E-state index contributed by atoms with van der Waals surface area (Å²) in [6.07, 6.45) is 76.5. The van der Waals surface area contributed by atoms with Crippen LogP contribution in [0.3, 0.4) is 0 Å². The van der Waals surface area contributed by atoms with Gasteiger partial charge in [0.2, 0.25) is 0 Å². The molecule has 0 saturated carbocycles. The topological polar surface area (TPSA) is 78.9 Å². The van der Waals surface area contributed by atoms with Crippen molar-refractivity contribution in [3.05, 3.63) is 109 Å². The average molecular weight is 958 g/mol. The summed E-state index contributed by atoms with van der Waals surface area (Å²) in [5, 5.41) is 0. The number of hydrogen-bond donors (Lipinski definition) is 0. The number of hydrogen-bond acceptors (Lipinski definition) is 6. The van der Waals surface area contributed by atoms with Crippen LogP contribution in [0.25, 0.3) is 0 Å². The zero-order chi connectivity index (χ0) is 50.0. The largest absolute Gasteiger partial charge is 0.462 e. The predicted molar refractivity (Wildman–Crippen MR) is 297 cm³/mol. The fraction of sp³-hybridized carbons (Fsp3) is 0.667. The van der Waals surface area contributed by atoms with E-state index >= 15 is 0 Å². The van der Waals surface area contributed by atoms with Crippen molar-refractivity contribution in [1.29, 1.82) is 0 Å². The monoisotopic (exact) mass is 957 g/mol. The number of ether oxygens (including phenoxy) is 3. The van der Waals surface area contributed by atoms with Crippen LogP contribution in [0, 0.1) is 0 Å². The summed E-state index contributed by atoms with van der Waals surface area (Å²) in [6.45, 7) is 6.49. The SMILES string of the molecule is CCCCC/C=C\C/C=C\C/C=C\C/C=C\CCCCCC(=O)OC[C@@H](COC(=O)CCCCCCC/C=C\CCCCCCCC)OC(=O)CCC/C=C\C/C=C\C/C=C\C/C=C\CCCCC. The Balaban J connectivity index is 4.56. The minimum atomic E-state index is -0.825. The fourth-order valence-electron chi connectivity index (χ4n) is 7.41. The number of esters is 3. The second kappa shape index (κ2) is 56.7. The van der Waals surface area contributed by atoms with E-state index in [9.17, 15) is 14.4 Å². The van der Waals surface area contributed by atoms with Crippen molar-refractivity contribution in [2.45, 2.75) is 258 Å². The van der Waals surface area contributed by atoms with E-state index in [1.165, 1.54) is 103 Å². The first-order chi connectivity index (χ1) is 34.0. The molecule has 0 aliphatic rings. The van der Waals surface area contributed by atoms with Gasteiger partial charge in [-0.25, -0.2) is 0 Å². The van der Waals surface area contributed by atoms with E-state index in [1.54, 1.807) is 0 Å². The van der Waals surface area contributed by atoms with Gasteiger partial charge in [-0.3, -0.25) is 14.4 Å². The summed E-state index contributed by atoms with van der Waals surface area (Å²) in [4.78, 5) is 38.1. The molecule has 69 heavy (non-hydrogen) atoms. The number of carbonyl (C=O) groups excluding carboxylic acids is 3. The van der Waals surface area contributed by atoms with Gasteiger partial charge in [-0.15, -0.1) is 0 Å². The molecular formula is C63H104O6. The second-order valence-electron chi connectivity index (χ2n) is 18.5. The molecule has 0 aromatic carbocycles.